The third kappa shape index (κ3) is 4.77. The van der Waals surface area contributed by atoms with E-state index in [1.54, 1.807) is 0 Å². The highest BCUT2D eigenvalue weighted by Crippen LogP contribution is 2.44. The van der Waals surface area contributed by atoms with Crippen molar-refractivity contribution in [3.63, 3.8) is 0 Å². The number of ether oxygens (including phenoxy) is 1. The molecule has 2 aromatic carbocycles. The zero-order valence-corrected chi connectivity index (χ0v) is 19.9. The molecule has 0 atom stereocenters. The average Bonchev–Trinajstić information content (AvgIpc) is 3.67. The fourth-order valence-electron chi connectivity index (χ4n) is 5.79. The predicted octanol–water partition coefficient (Wildman–Crippen LogP) is 4.55. The van der Waals surface area contributed by atoms with Gasteiger partial charge in [-0.15, -0.1) is 0 Å². The monoisotopic (exact) mass is 476 g/mol. The number of rotatable bonds is 8. The van der Waals surface area contributed by atoms with Crippen LogP contribution in [0.1, 0.15) is 62.0 Å². The summed E-state index contributed by atoms with van der Waals surface area (Å²) in [7, 11) is 0. The molecule has 0 saturated heterocycles. The average molecular weight is 477 g/mol. The molecule has 3 aliphatic rings. The molecule has 35 heavy (non-hydrogen) atoms. The summed E-state index contributed by atoms with van der Waals surface area (Å²) < 4.78 is 5.67. The van der Waals surface area contributed by atoms with E-state index < -0.39 is 17.5 Å². The molecule has 5 rings (SSSR count). The Morgan fingerprint density at radius 2 is 1.54 bits per heavy atom. The van der Waals surface area contributed by atoms with Crippen LogP contribution in [0.5, 0.6) is 0 Å². The maximum absolute atomic E-state index is 13.6. The van der Waals surface area contributed by atoms with Crippen LogP contribution in [0.2, 0.25) is 0 Å². The van der Waals surface area contributed by atoms with Crippen LogP contribution in [0.25, 0.3) is 11.1 Å². The van der Waals surface area contributed by atoms with Gasteiger partial charge in [0.2, 0.25) is 5.91 Å². The number of fused-ring (bicyclic) bond motifs is 3. The van der Waals surface area contributed by atoms with Crippen molar-refractivity contribution < 1.29 is 24.2 Å². The highest BCUT2D eigenvalue weighted by molar-refractivity contribution is 5.87. The van der Waals surface area contributed by atoms with Gasteiger partial charge in [0, 0.05) is 18.5 Å². The second kappa shape index (κ2) is 9.72. The van der Waals surface area contributed by atoms with Gasteiger partial charge in [0.05, 0.1) is 5.41 Å². The molecule has 0 heterocycles. The Labute approximate surface area is 205 Å². The smallest absolute Gasteiger partial charge is 0.407 e. The Morgan fingerprint density at radius 1 is 0.943 bits per heavy atom. The number of carboxylic acids is 1. The molecule has 0 aromatic heterocycles. The van der Waals surface area contributed by atoms with Crippen molar-refractivity contribution >= 4 is 18.0 Å². The molecular weight excluding hydrogens is 444 g/mol. The molecule has 0 bridgehead atoms. The number of amides is 2. The number of nitrogens with one attached hydrogen (secondary N) is 1. The first-order valence-electron chi connectivity index (χ1n) is 12.6. The summed E-state index contributed by atoms with van der Waals surface area (Å²) in [6.07, 6.45) is 5.27. The minimum atomic E-state index is -0.999. The topological polar surface area (TPSA) is 95.9 Å². The summed E-state index contributed by atoms with van der Waals surface area (Å²) in [6, 6.07) is 16.4. The van der Waals surface area contributed by atoms with Gasteiger partial charge < -0.3 is 20.1 Å². The number of nitrogens with zero attached hydrogens (tertiary/aromatic N) is 1. The molecule has 2 N–H and O–H groups in total. The van der Waals surface area contributed by atoms with Crippen molar-refractivity contribution in [1.29, 1.82) is 0 Å². The van der Waals surface area contributed by atoms with E-state index in [9.17, 15) is 19.5 Å². The van der Waals surface area contributed by atoms with Gasteiger partial charge in [-0.05, 0) is 47.9 Å². The van der Waals surface area contributed by atoms with E-state index in [1.165, 1.54) is 16.0 Å². The molecule has 2 aromatic rings. The fraction of sp³-hybridized carbons (Fsp3) is 0.464. The lowest BCUT2D eigenvalue weighted by Crippen LogP contribution is -2.53. The van der Waals surface area contributed by atoms with Crippen LogP contribution in [-0.2, 0) is 14.3 Å². The molecule has 2 fully saturated rings. The molecule has 0 aliphatic heterocycles. The first-order valence-corrected chi connectivity index (χ1v) is 12.6. The van der Waals surface area contributed by atoms with Crippen LogP contribution in [0.3, 0.4) is 0 Å². The number of hydrogen-bond donors (Lipinski definition) is 2. The van der Waals surface area contributed by atoms with E-state index >= 15 is 0 Å². The van der Waals surface area contributed by atoms with Crippen LogP contribution in [0.15, 0.2) is 48.5 Å². The maximum Gasteiger partial charge on any atom is 0.407 e. The Morgan fingerprint density at radius 3 is 2.11 bits per heavy atom. The van der Waals surface area contributed by atoms with Gasteiger partial charge in [-0.3, -0.25) is 9.59 Å². The van der Waals surface area contributed by atoms with Crippen molar-refractivity contribution in [2.45, 2.75) is 56.9 Å². The van der Waals surface area contributed by atoms with Crippen LogP contribution < -0.4 is 5.32 Å². The van der Waals surface area contributed by atoms with E-state index in [-0.39, 0.29) is 37.6 Å². The molecule has 7 heteroatoms. The SMILES string of the molecule is O=C(O)CN(C(=O)C1(CNC(=O)OCC2c3ccccc3-c3ccccc32)CCCCC1)C1CC1. The Balaban J connectivity index is 1.25. The largest absolute Gasteiger partial charge is 0.480 e. The molecule has 0 unspecified atom stereocenters. The summed E-state index contributed by atoms with van der Waals surface area (Å²) in [5.74, 6) is -1.17. The minimum Gasteiger partial charge on any atom is -0.480 e. The van der Waals surface area contributed by atoms with Crippen molar-refractivity contribution in [3.8, 4) is 11.1 Å². The van der Waals surface area contributed by atoms with Crippen LogP contribution in [-0.4, -0.2) is 53.7 Å². The standard InChI is InChI=1S/C28H32N2O5/c31-25(32)16-30(19-12-13-19)26(33)28(14-6-1-7-15-28)18-29-27(34)35-17-24-22-10-4-2-8-20(22)21-9-3-5-11-23(21)24/h2-5,8-11,19,24H,1,6-7,12-18H2,(H,29,34)(H,31,32). The Hall–Kier alpha value is -3.35. The highest BCUT2D eigenvalue weighted by Gasteiger charge is 2.46. The molecular formula is C28H32N2O5. The van der Waals surface area contributed by atoms with E-state index in [2.05, 4.69) is 29.6 Å². The van der Waals surface area contributed by atoms with Crippen LogP contribution in [0, 0.1) is 5.41 Å². The molecule has 2 amide bonds. The first kappa shape index (κ1) is 23.4. The van der Waals surface area contributed by atoms with E-state index in [4.69, 9.17) is 4.74 Å². The molecule has 0 spiro atoms. The number of carbonyl (C=O) groups is 3. The van der Waals surface area contributed by atoms with Crippen molar-refractivity contribution in [2.24, 2.45) is 5.41 Å². The summed E-state index contributed by atoms with van der Waals surface area (Å²) in [4.78, 5) is 39.3. The molecule has 184 valence electrons. The molecule has 7 nitrogen and oxygen atoms in total. The Bertz CT molecular complexity index is 1070. The summed E-state index contributed by atoms with van der Waals surface area (Å²) >= 11 is 0. The zero-order valence-electron chi connectivity index (χ0n) is 19.9. The first-order chi connectivity index (χ1) is 17.0. The Kier molecular flexibility index (Phi) is 6.50. The minimum absolute atomic E-state index is 0.00635. The fourth-order valence-corrected chi connectivity index (χ4v) is 5.79. The van der Waals surface area contributed by atoms with Crippen molar-refractivity contribution in [3.05, 3.63) is 59.7 Å². The second-order valence-electron chi connectivity index (χ2n) is 10.1. The number of alkyl carbamates (subject to hydrolysis) is 1. The third-order valence-electron chi connectivity index (χ3n) is 7.73. The van der Waals surface area contributed by atoms with Gasteiger partial charge in [0.15, 0.2) is 0 Å². The zero-order chi connectivity index (χ0) is 24.4. The maximum atomic E-state index is 13.6. The number of benzene rings is 2. The quantitative estimate of drug-likeness (QED) is 0.583. The molecule has 0 radical (unpaired) electrons. The van der Waals surface area contributed by atoms with Gasteiger partial charge in [0.1, 0.15) is 13.2 Å². The lowest BCUT2D eigenvalue weighted by Gasteiger charge is -2.39. The molecule has 2 saturated carbocycles. The van der Waals surface area contributed by atoms with Crippen molar-refractivity contribution in [2.75, 3.05) is 19.7 Å². The van der Waals surface area contributed by atoms with Gasteiger partial charge in [0.25, 0.3) is 0 Å². The van der Waals surface area contributed by atoms with E-state index in [0.717, 1.165) is 43.2 Å². The van der Waals surface area contributed by atoms with Gasteiger partial charge in [-0.1, -0.05) is 67.8 Å². The highest BCUT2D eigenvalue weighted by atomic mass is 16.5. The molecule has 3 aliphatic carbocycles. The number of carbonyl (C=O) groups excluding carboxylic acids is 2. The number of carboxylic acid groups (broad SMARTS) is 1. The lowest BCUT2D eigenvalue weighted by molar-refractivity contribution is -0.151. The predicted molar refractivity (Wildman–Crippen MR) is 131 cm³/mol. The summed E-state index contributed by atoms with van der Waals surface area (Å²) in [6.45, 7) is 0.107. The third-order valence-corrected chi connectivity index (χ3v) is 7.73. The van der Waals surface area contributed by atoms with Gasteiger partial charge in [-0.25, -0.2) is 4.79 Å². The second-order valence-corrected chi connectivity index (χ2v) is 10.1. The van der Waals surface area contributed by atoms with E-state index in [0.29, 0.717) is 12.8 Å². The lowest BCUT2D eigenvalue weighted by atomic mass is 9.72. The number of aliphatic carboxylic acids is 1. The van der Waals surface area contributed by atoms with E-state index in [1.807, 2.05) is 24.3 Å². The number of hydrogen-bond acceptors (Lipinski definition) is 4. The van der Waals surface area contributed by atoms with Gasteiger partial charge >= 0.3 is 12.1 Å². The normalized spacial score (nSPS) is 18.3. The van der Waals surface area contributed by atoms with Gasteiger partial charge in [-0.2, -0.15) is 0 Å². The van der Waals surface area contributed by atoms with Crippen LogP contribution in [0.4, 0.5) is 4.79 Å². The van der Waals surface area contributed by atoms with Crippen LogP contribution >= 0.6 is 0 Å². The summed E-state index contributed by atoms with van der Waals surface area (Å²) in [5, 5.41) is 12.2. The van der Waals surface area contributed by atoms with Crippen molar-refractivity contribution in [1.82, 2.24) is 10.2 Å². The summed E-state index contributed by atoms with van der Waals surface area (Å²) in [5.41, 5.74) is 3.87.